The van der Waals surface area contributed by atoms with Crippen molar-refractivity contribution in [3.05, 3.63) is 58.3 Å². The fraction of sp³-hybridized carbons (Fsp3) is 0.0714. The van der Waals surface area contributed by atoms with Gasteiger partial charge in [0.1, 0.15) is 5.82 Å². The Bertz CT molecular complexity index is 788. The molecule has 0 spiro atoms. The molecule has 0 unspecified atom stereocenters. The van der Waals surface area contributed by atoms with Crippen LogP contribution in [0.2, 0.25) is 0 Å². The average Bonchev–Trinajstić information content (AvgIpc) is 2.43. The predicted molar refractivity (Wildman–Crippen MR) is 81.4 cm³/mol. The second kappa shape index (κ2) is 5.95. The molecule has 110 valence electrons. The summed E-state index contributed by atoms with van der Waals surface area (Å²) in [6.07, 6.45) is 0. The number of benzene rings is 2. The molecule has 0 amide bonds. The fourth-order valence-electron chi connectivity index (χ4n) is 1.64. The highest BCUT2D eigenvalue weighted by molar-refractivity contribution is 9.10. The van der Waals surface area contributed by atoms with Crippen molar-refractivity contribution >= 4 is 37.4 Å². The summed E-state index contributed by atoms with van der Waals surface area (Å²) in [4.78, 5) is 11.2. The van der Waals surface area contributed by atoms with Crippen molar-refractivity contribution in [2.45, 2.75) is 11.8 Å². The van der Waals surface area contributed by atoms with Crippen molar-refractivity contribution in [3.63, 3.8) is 0 Å². The minimum atomic E-state index is -3.83. The van der Waals surface area contributed by atoms with Crippen LogP contribution in [-0.2, 0) is 10.0 Å². The number of carbonyl (C=O) groups is 1. The zero-order valence-corrected chi connectivity index (χ0v) is 13.3. The monoisotopic (exact) mass is 371 g/mol. The molecule has 0 saturated carbocycles. The molecule has 21 heavy (non-hydrogen) atoms. The van der Waals surface area contributed by atoms with Crippen LogP contribution in [0.25, 0.3) is 0 Å². The summed E-state index contributed by atoms with van der Waals surface area (Å²) in [5, 5.41) is 0. The maximum Gasteiger partial charge on any atom is 0.261 e. The Balaban J connectivity index is 2.29. The highest BCUT2D eigenvalue weighted by Gasteiger charge is 2.15. The van der Waals surface area contributed by atoms with E-state index >= 15 is 0 Å². The van der Waals surface area contributed by atoms with Crippen molar-refractivity contribution in [1.29, 1.82) is 0 Å². The molecule has 0 radical (unpaired) electrons. The number of nitrogens with one attached hydrogen (secondary N) is 1. The smallest absolute Gasteiger partial charge is 0.261 e. The maximum atomic E-state index is 13.4. The average molecular weight is 372 g/mol. The van der Waals surface area contributed by atoms with E-state index in [1.807, 2.05) is 0 Å². The number of ketones is 1. The first-order chi connectivity index (χ1) is 9.79. The van der Waals surface area contributed by atoms with Crippen molar-refractivity contribution < 1.29 is 17.6 Å². The Morgan fingerprint density at radius 2 is 1.76 bits per heavy atom. The molecule has 0 aliphatic rings. The van der Waals surface area contributed by atoms with Crippen molar-refractivity contribution in [2.24, 2.45) is 0 Å². The number of carbonyl (C=O) groups excluding carboxylic acids is 1. The van der Waals surface area contributed by atoms with Crippen LogP contribution >= 0.6 is 15.9 Å². The second-order valence-corrected chi connectivity index (χ2v) is 6.85. The molecule has 0 aliphatic heterocycles. The lowest BCUT2D eigenvalue weighted by molar-refractivity contribution is 0.101. The van der Waals surface area contributed by atoms with E-state index in [-0.39, 0.29) is 20.8 Å². The Morgan fingerprint density at radius 1 is 1.14 bits per heavy atom. The van der Waals surface area contributed by atoms with Crippen molar-refractivity contribution in [1.82, 2.24) is 0 Å². The number of sulfonamides is 1. The Morgan fingerprint density at radius 3 is 2.29 bits per heavy atom. The third-order valence-corrected chi connectivity index (χ3v) is 4.78. The van der Waals surface area contributed by atoms with Crippen molar-refractivity contribution in [2.75, 3.05) is 4.72 Å². The molecule has 0 atom stereocenters. The van der Waals surface area contributed by atoms with E-state index in [1.165, 1.54) is 43.3 Å². The van der Waals surface area contributed by atoms with E-state index in [0.29, 0.717) is 5.56 Å². The van der Waals surface area contributed by atoms with Gasteiger partial charge in [0.2, 0.25) is 0 Å². The molecule has 4 nitrogen and oxygen atoms in total. The molecule has 2 aromatic rings. The Labute approximate surface area is 130 Å². The first kappa shape index (κ1) is 15.7. The summed E-state index contributed by atoms with van der Waals surface area (Å²) in [5.74, 6) is -0.719. The summed E-state index contributed by atoms with van der Waals surface area (Å²) < 4.78 is 40.2. The molecule has 0 fully saturated rings. The van der Waals surface area contributed by atoms with Gasteiger partial charge in [0.25, 0.3) is 10.0 Å². The van der Waals surface area contributed by atoms with Gasteiger partial charge in [-0.1, -0.05) is 12.1 Å². The molecule has 0 saturated heterocycles. The van der Waals surface area contributed by atoms with Crippen LogP contribution in [-0.4, -0.2) is 14.2 Å². The number of halogens is 2. The number of rotatable bonds is 4. The van der Waals surface area contributed by atoms with Gasteiger partial charge in [0, 0.05) is 5.56 Å². The summed E-state index contributed by atoms with van der Waals surface area (Å²) in [6.45, 7) is 1.40. The van der Waals surface area contributed by atoms with E-state index in [0.717, 1.165) is 6.07 Å². The van der Waals surface area contributed by atoms with Crippen LogP contribution in [0.4, 0.5) is 10.1 Å². The Hall–Kier alpha value is -1.73. The first-order valence-electron chi connectivity index (χ1n) is 5.88. The molecule has 0 aliphatic carbocycles. The highest BCUT2D eigenvalue weighted by atomic mass is 79.9. The number of Topliss-reactive ketones (excluding diaryl/α,β-unsaturated/α-hetero) is 1. The van der Waals surface area contributed by atoms with Crippen LogP contribution < -0.4 is 4.72 Å². The van der Waals surface area contributed by atoms with E-state index in [1.54, 1.807) is 0 Å². The third kappa shape index (κ3) is 3.68. The standard InChI is InChI=1S/C14H11BrFNO3S/c1-9(18)10-2-5-12(6-3-10)21(19,20)17-11-4-7-13(15)14(16)8-11/h2-8,17H,1H3. The summed E-state index contributed by atoms with van der Waals surface area (Å²) in [6, 6.07) is 9.44. The topological polar surface area (TPSA) is 63.2 Å². The fourth-order valence-corrected chi connectivity index (χ4v) is 2.94. The highest BCUT2D eigenvalue weighted by Crippen LogP contribution is 2.22. The van der Waals surface area contributed by atoms with Crippen LogP contribution in [0.3, 0.4) is 0 Å². The molecular formula is C14H11BrFNO3S. The summed E-state index contributed by atoms with van der Waals surface area (Å²) in [7, 11) is -3.83. The molecule has 7 heteroatoms. The van der Waals surface area contributed by atoms with E-state index in [4.69, 9.17) is 0 Å². The van der Waals surface area contributed by atoms with Gasteiger partial charge in [-0.3, -0.25) is 9.52 Å². The van der Waals surface area contributed by atoms with E-state index in [9.17, 15) is 17.6 Å². The summed E-state index contributed by atoms with van der Waals surface area (Å²) >= 11 is 2.99. The van der Waals surface area contributed by atoms with Gasteiger partial charge < -0.3 is 0 Å². The molecule has 0 heterocycles. The van der Waals surface area contributed by atoms with Gasteiger partial charge in [0.15, 0.2) is 5.78 Å². The number of anilines is 1. The maximum absolute atomic E-state index is 13.4. The van der Waals surface area contributed by atoms with Gasteiger partial charge in [0.05, 0.1) is 15.1 Å². The lowest BCUT2D eigenvalue weighted by Crippen LogP contribution is -2.13. The summed E-state index contributed by atoms with van der Waals surface area (Å²) in [5.41, 5.74) is 0.537. The molecular weight excluding hydrogens is 361 g/mol. The van der Waals surface area contributed by atoms with Gasteiger partial charge in [-0.25, -0.2) is 12.8 Å². The quantitative estimate of drug-likeness (QED) is 0.835. The first-order valence-corrected chi connectivity index (χ1v) is 8.16. The third-order valence-electron chi connectivity index (χ3n) is 2.74. The SMILES string of the molecule is CC(=O)c1ccc(S(=O)(=O)Nc2ccc(Br)c(F)c2)cc1. The van der Waals surface area contributed by atoms with Crippen LogP contribution in [0, 0.1) is 5.82 Å². The Kier molecular flexibility index (Phi) is 4.43. The predicted octanol–water partition coefficient (Wildman–Crippen LogP) is 3.59. The van der Waals surface area contributed by atoms with E-state index < -0.39 is 15.8 Å². The normalized spacial score (nSPS) is 11.2. The molecule has 2 rings (SSSR count). The minimum absolute atomic E-state index is 0.00386. The van der Waals surface area contributed by atoms with Crippen LogP contribution in [0.15, 0.2) is 51.8 Å². The van der Waals surface area contributed by atoms with Crippen LogP contribution in [0.5, 0.6) is 0 Å². The molecule has 2 aromatic carbocycles. The zero-order valence-electron chi connectivity index (χ0n) is 10.9. The van der Waals surface area contributed by atoms with Gasteiger partial charge >= 0.3 is 0 Å². The second-order valence-electron chi connectivity index (χ2n) is 4.31. The minimum Gasteiger partial charge on any atom is -0.295 e. The zero-order chi connectivity index (χ0) is 15.6. The number of hydrogen-bond acceptors (Lipinski definition) is 3. The van der Waals surface area contributed by atoms with Gasteiger partial charge in [-0.15, -0.1) is 0 Å². The molecule has 0 aromatic heterocycles. The van der Waals surface area contributed by atoms with Crippen molar-refractivity contribution in [3.8, 4) is 0 Å². The lowest BCUT2D eigenvalue weighted by Gasteiger charge is -2.09. The van der Waals surface area contributed by atoms with Gasteiger partial charge in [-0.2, -0.15) is 0 Å². The van der Waals surface area contributed by atoms with E-state index in [2.05, 4.69) is 20.7 Å². The number of hydrogen-bond donors (Lipinski definition) is 1. The lowest BCUT2D eigenvalue weighted by atomic mass is 10.2. The van der Waals surface area contributed by atoms with Crippen LogP contribution in [0.1, 0.15) is 17.3 Å². The van der Waals surface area contributed by atoms with Gasteiger partial charge in [-0.05, 0) is 53.2 Å². The molecule has 0 bridgehead atoms. The largest absolute Gasteiger partial charge is 0.295 e. The molecule has 1 N–H and O–H groups in total.